The molecule has 0 atom stereocenters. The lowest BCUT2D eigenvalue weighted by Crippen LogP contribution is -2.36. The van der Waals surface area contributed by atoms with Gasteiger partial charge in [-0.15, -0.1) is 11.3 Å². The Morgan fingerprint density at radius 2 is 2.31 bits per heavy atom. The van der Waals surface area contributed by atoms with Crippen LogP contribution in [-0.4, -0.2) is 33.4 Å². The molecule has 2 amide bonds. The molecule has 7 nitrogen and oxygen atoms in total. The number of fused-ring (bicyclic) bond motifs is 1. The van der Waals surface area contributed by atoms with Crippen LogP contribution in [0.1, 0.15) is 31.7 Å². The number of nitrogens with one attached hydrogen (secondary N) is 1. The van der Waals surface area contributed by atoms with E-state index < -0.39 is 0 Å². The fourth-order valence-corrected chi connectivity index (χ4v) is 4.49. The normalized spacial score (nSPS) is 13.5. The Labute approximate surface area is 157 Å². The van der Waals surface area contributed by atoms with Gasteiger partial charge >= 0.3 is 0 Å². The Morgan fingerprint density at radius 3 is 3.04 bits per heavy atom. The third-order valence-electron chi connectivity index (χ3n) is 4.07. The van der Waals surface area contributed by atoms with Crippen molar-refractivity contribution in [2.45, 2.75) is 26.3 Å². The maximum atomic E-state index is 12.5. The molecule has 0 saturated heterocycles. The Morgan fingerprint density at radius 1 is 1.42 bits per heavy atom. The standard InChI is InChI=1S/C17H16N4O3S2/c1-10-7-13(20-24-10)16(23)19-17-18-12-4-5-21(9-14(12)26-17)15(22)8-11-3-2-6-25-11/h2-3,6-7H,4-5,8-9H2,1H3,(H,18,19,23). The van der Waals surface area contributed by atoms with Crippen molar-refractivity contribution in [3.63, 3.8) is 0 Å². The van der Waals surface area contributed by atoms with E-state index in [1.165, 1.54) is 11.3 Å². The summed E-state index contributed by atoms with van der Waals surface area (Å²) in [6.07, 6.45) is 1.13. The molecule has 3 aromatic heterocycles. The van der Waals surface area contributed by atoms with Gasteiger partial charge in [-0.25, -0.2) is 4.98 Å². The Hall–Kier alpha value is -2.52. The minimum Gasteiger partial charge on any atom is -0.361 e. The third-order valence-corrected chi connectivity index (χ3v) is 5.94. The molecular weight excluding hydrogens is 372 g/mol. The Balaban J connectivity index is 1.42. The first-order valence-corrected chi connectivity index (χ1v) is 9.81. The lowest BCUT2D eigenvalue weighted by atomic mass is 10.1. The molecule has 9 heteroatoms. The maximum Gasteiger partial charge on any atom is 0.279 e. The van der Waals surface area contributed by atoms with E-state index in [-0.39, 0.29) is 17.5 Å². The number of carbonyl (C=O) groups is 2. The van der Waals surface area contributed by atoms with E-state index in [0.717, 1.165) is 15.4 Å². The molecule has 0 aromatic carbocycles. The second kappa shape index (κ2) is 7.00. The molecule has 26 heavy (non-hydrogen) atoms. The lowest BCUT2D eigenvalue weighted by molar-refractivity contribution is -0.131. The highest BCUT2D eigenvalue weighted by molar-refractivity contribution is 7.15. The van der Waals surface area contributed by atoms with Gasteiger partial charge < -0.3 is 9.42 Å². The molecule has 0 radical (unpaired) electrons. The topological polar surface area (TPSA) is 88.3 Å². The van der Waals surface area contributed by atoms with Gasteiger partial charge in [0.05, 0.1) is 18.7 Å². The molecule has 4 heterocycles. The van der Waals surface area contributed by atoms with Crippen LogP contribution < -0.4 is 5.32 Å². The van der Waals surface area contributed by atoms with Gasteiger partial charge in [0, 0.05) is 28.8 Å². The molecule has 0 saturated carbocycles. The quantitative estimate of drug-likeness (QED) is 0.742. The number of carbonyl (C=O) groups excluding carboxylic acids is 2. The van der Waals surface area contributed by atoms with Crippen molar-refractivity contribution in [2.75, 3.05) is 11.9 Å². The molecule has 1 N–H and O–H groups in total. The minimum absolute atomic E-state index is 0.121. The first-order valence-electron chi connectivity index (χ1n) is 8.12. The zero-order valence-electron chi connectivity index (χ0n) is 14.0. The fraction of sp³-hybridized carbons (Fsp3) is 0.294. The lowest BCUT2D eigenvalue weighted by Gasteiger charge is -2.25. The maximum absolute atomic E-state index is 12.5. The minimum atomic E-state index is -0.349. The van der Waals surface area contributed by atoms with Gasteiger partial charge in [0.2, 0.25) is 5.91 Å². The molecule has 0 bridgehead atoms. The van der Waals surface area contributed by atoms with E-state index in [1.807, 2.05) is 22.4 Å². The van der Waals surface area contributed by atoms with E-state index in [4.69, 9.17) is 4.52 Å². The average Bonchev–Trinajstić information content (AvgIpc) is 3.34. The number of hydrogen-bond acceptors (Lipinski definition) is 7. The van der Waals surface area contributed by atoms with Crippen molar-refractivity contribution < 1.29 is 14.1 Å². The number of amides is 2. The number of thiophene rings is 1. The highest BCUT2D eigenvalue weighted by Crippen LogP contribution is 2.29. The zero-order valence-corrected chi connectivity index (χ0v) is 15.7. The first kappa shape index (κ1) is 16.9. The second-order valence-electron chi connectivity index (χ2n) is 5.99. The van der Waals surface area contributed by atoms with Crippen LogP contribution in [0.5, 0.6) is 0 Å². The molecule has 0 fully saturated rings. The molecule has 4 rings (SSSR count). The number of anilines is 1. The van der Waals surface area contributed by atoms with Crippen LogP contribution in [0, 0.1) is 6.92 Å². The highest BCUT2D eigenvalue weighted by Gasteiger charge is 2.25. The molecule has 1 aliphatic heterocycles. The monoisotopic (exact) mass is 388 g/mol. The van der Waals surface area contributed by atoms with Crippen molar-refractivity contribution in [1.82, 2.24) is 15.0 Å². The molecule has 0 aliphatic carbocycles. The summed E-state index contributed by atoms with van der Waals surface area (Å²) < 4.78 is 4.92. The zero-order chi connectivity index (χ0) is 18.1. The Bertz CT molecular complexity index is 945. The molecular formula is C17H16N4O3S2. The summed E-state index contributed by atoms with van der Waals surface area (Å²) in [5.41, 5.74) is 1.17. The van der Waals surface area contributed by atoms with Gasteiger partial charge in [-0.2, -0.15) is 0 Å². The van der Waals surface area contributed by atoms with E-state index >= 15 is 0 Å². The van der Waals surface area contributed by atoms with Gasteiger partial charge in [0.25, 0.3) is 5.91 Å². The fourth-order valence-electron chi connectivity index (χ4n) is 2.77. The van der Waals surface area contributed by atoms with Crippen LogP contribution in [0.25, 0.3) is 0 Å². The number of hydrogen-bond donors (Lipinski definition) is 1. The van der Waals surface area contributed by atoms with Crippen LogP contribution in [-0.2, 0) is 24.2 Å². The predicted octanol–water partition coefficient (Wildman–Crippen LogP) is 2.88. The highest BCUT2D eigenvalue weighted by atomic mass is 32.1. The Kier molecular flexibility index (Phi) is 4.56. The summed E-state index contributed by atoms with van der Waals surface area (Å²) in [6.45, 7) is 2.92. The summed E-state index contributed by atoms with van der Waals surface area (Å²) in [5.74, 6) is 0.349. The van der Waals surface area contributed by atoms with Gasteiger partial charge in [0.15, 0.2) is 10.8 Å². The smallest absolute Gasteiger partial charge is 0.279 e. The van der Waals surface area contributed by atoms with Crippen LogP contribution >= 0.6 is 22.7 Å². The van der Waals surface area contributed by atoms with E-state index in [9.17, 15) is 9.59 Å². The number of thiazole rings is 1. The summed E-state index contributed by atoms with van der Waals surface area (Å²) in [4.78, 5) is 33.1. The van der Waals surface area contributed by atoms with Gasteiger partial charge in [-0.1, -0.05) is 22.6 Å². The van der Waals surface area contributed by atoms with Crippen LogP contribution in [0.4, 0.5) is 5.13 Å². The first-order chi connectivity index (χ1) is 12.6. The summed E-state index contributed by atoms with van der Waals surface area (Å²) >= 11 is 2.99. The molecule has 1 aliphatic rings. The van der Waals surface area contributed by atoms with Crippen molar-refractivity contribution in [2.24, 2.45) is 0 Å². The molecule has 134 valence electrons. The number of aryl methyl sites for hydroxylation is 1. The largest absolute Gasteiger partial charge is 0.361 e. The van der Waals surface area contributed by atoms with E-state index in [0.29, 0.717) is 36.8 Å². The summed E-state index contributed by atoms with van der Waals surface area (Å²) in [5, 5.41) is 8.95. The molecule has 0 unspecified atom stereocenters. The third kappa shape index (κ3) is 3.54. The van der Waals surface area contributed by atoms with Crippen LogP contribution in [0.2, 0.25) is 0 Å². The number of aromatic nitrogens is 2. The van der Waals surface area contributed by atoms with Crippen molar-refractivity contribution in [3.05, 3.63) is 50.5 Å². The van der Waals surface area contributed by atoms with Crippen molar-refractivity contribution >= 4 is 39.6 Å². The SMILES string of the molecule is Cc1cc(C(=O)Nc2nc3c(s2)CN(C(=O)Cc2cccs2)CC3)no1. The van der Waals surface area contributed by atoms with E-state index in [1.54, 1.807) is 24.3 Å². The summed E-state index contributed by atoms with van der Waals surface area (Å²) in [6, 6.07) is 5.51. The second-order valence-corrected chi connectivity index (χ2v) is 8.10. The molecule has 0 spiro atoms. The number of rotatable bonds is 4. The van der Waals surface area contributed by atoms with Crippen LogP contribution in [0.3, 0.4) is 0 Å². The van der Waals surface area contributed by atoms with Crippen molar-refractivity contribution in [3.8, 4) is 0 Å². The van der Waals surface area contributed by atoms with Crippen molar-refractivity contribution in [1.29, 1.82) is 0 Å². The predicted molar refractivity (Wildman–Crippen MR) is 98.5 cm³/mol. The summed E-state index contributed by atoms with van der Waals surface area (Å²) in [7, 11) is 0. The van der Waals surface area contributed by atoms with Gasteiger partial charge in [-0.05, 0) is 18.4 Å². The number of nitrogens with zero attached hydrogens (tertiary/aromatic N) is 3. The molecule has 3 aromatic rings. The van der Waals surface area contributed by atoms with E-state index in [2.05, 4.69) is 15.5 Å². The average molecular weight is 388 g/mol. The van der Waals surface area contributed by atoms with Gasteiger partial charge in [-0.3, -0.25) is 14.9 Å². The van der Waals surface area contributed by atoms with Gasteiger partial charge in [0.1, 0.15) is 5.76 Å². The van der Waals surface area contributed by atoms with Crippen LogP contribution in [0.15, 0.2) is 28.1 Å².